The van der Waals surface area contributed by atoms with Gasteiger partial charge in [0.2, 0.25) is 6.54 Å². The van der Waals surface area contributed by atoms with E-state index < -0.39 is 0 Å². The Hall–Kier alpha value is -2.32. The second-order valence-corrected chi connectivity index (χ2v) is 8.15. The maximum Gasteiger partial charge on any atom is 0.220 e. The number of hydrogen-bond acceptors (Lipinski definition) is 6. The standard InChI is InChI=1S/C19H20N4O2S2/c1-13-4-8-16(9-5-13)23-14(2)20-21-19(23)27-18(12-22(24)25)15-6-10-17(26-3)11-7-15/h4-11,18H,12H2,1-3H3/t18-/m0/s1. The van der Waals surface area contributed by atoms with Gasteiger partial charge in [0.05, 0.1) is 0 Å². The van der Waals surface area contributed by atoms with E-state index in [-0.39, 0.29) is 16.7 Å². The molecular formula is C19H20N4O2S2. The fourth-order valence-electron chi connectivity index (χ4n) is 2.70. The number of thioether (sulfide) groups is 2. The van der Waals surface area contributed by atoms with Crippen LogP contribution in [0.2, 0.25) is 0 Å². The third-order valence-electron chi connectivity index (χ3n) is 4.14. The van der Waals surface area contributed by atoms with Crippen molar-refractivity contribution in [2.45, 2.75) is 29.1 Å². The molecule has 1 heterocycles. The highest BCUT2D eigenvalue weighted by Gasteiger charge is 2.23. The Morgan fingerprint density at radius 1 is 1.07 bits per heavy atom. The molecule has 0 spiro atoms. The van der Waals surface area contributed by atoms with Crippen molar-refractivity contribution in [3.63, 3.8) is 0 Å². The molecule has 0 unspecified atom stereocenters. The van der Waals surface area contributed by atoms with Crippen molar-refractivity contribution in [2.24, 2.45) is 0 Å². The maximum atomic E-state index is 11.2. The van der Waals surface area contributed by atoms with Crippen LogP contribution in [0.5, 0.6) is 0 Å². The summed E-state index contributed by atoms with van der Waals surface area (Å²) in [6.07, 6.45) is 2.01. The van der Waals surface area contributed by atoms with Gasteiger partial charge in [0, 0.05) is 15.5 Å². The van der Waals surface area contributed by atoms with Gasteiger partial charge in [-0.1, -0.05) is 41.6 Å². The van der Waals surface area contributed by atoms with Gasteiger partial charge >= 0.3 is 0 Å². The molecule has 27 heavy (non-hydrogen) atoms. The first-order chi connectivity index (χ1) is 13.0. The molecule has 3 rings (SSSR count). The number of benzene rings is 2. The van der Waals surface area contributed by atoms with Crippen molar-refractivity contribution in [1.29, 1.82) is 0 Å². The van der Waals surface area contributed by atoms with E-state index in [1.165, 1.54) is 17.3 Å². The Morgan fingerprint density at radius 2 is 1.74 bits per heavy atom. The quantitative estimate of drug-likeness (QED) is 0.325. The molecule has 0 bridgehead atoms. The minimum absolute atomic E-state index is 0.177. The van der Waals surface area contributed by atoms with E-state index in [1.807, 2.05) is 73.2 Å². The summed E-state index contributed by atoms with van der Waals surface area (Å²) in [4.78, 5) is 12.1. The zero-order chi connectivity index (χ0) is 19.4. The van der Waals surface area contributed by atoms with E-state index in [0.717, 1.165) is 22.0 Å². The van der Waals surface area contributed by atoms with Gasteiger partial charge in [0.1, 0.15) is 11.1 Å². The molecule has 3 aromatic rings. The van der Waals surface area contributed by atoms with Gasteiger partial charge in [-0.15, -0.1) is 22.0 Å². The van der Waals surface area contributed by atoms with Gasteiger partial charge in [-0.3, -0.25) is 14.7 Å². The molecule has 0 aliphatic carbocycles. The molecule has 140 valence electrons. The first-order valence-corrected chi connectivity index (χ1v) is 10.5. The molecule has 0 saturated heterocycles. The Kier molecular flexibility index (Phi) is 6.18. The molecule has 0 aliphatic heterocycles. The van der Waals surface area contributed by atoms with Crippen molar-refractivity contribution in [3.05, 3.63) is 75.6 Å². The number of aryl methyl sites for hydroxylation is 2. The molecular weight excluding hydrogens is 380 g/mol. The zero-order valence-electron chi connectivity index (χ0n) is 15.3. The summed E-state index contributed by atoms with van der Waals surface area (Å²) in [7, 11) is 0. The van der Waals surface area contributed by atoms with E-state index in [0.29, 0.717) is 5.16 Å². The highest BCUT2D eigenvalue weighted by molar-refractivity contribution is 7.99. The maximum absolute atomic E-state index is 11.2. The monoisotopic (exact) mass is 400 g/mol. The predicted octanol–water partition coefficient (Wildman–Crippen LogP) is 4.72. The highest BCUT2D eigenvalue weighted by Crippen LogP contribution is 2.36. The summed E-state index contributed by atoms with van der Waals surface area (Å²) >= 11 is 3.02. The van der Waals surface area contributed by atoms with E-state index in [1.54, 1.807) is 11.8 Å². The Morgan fingerprint density at radius 3 is 2.33 bits per heavy atom. The Balaban J connectivity index is 1.94. The third kappa shape index (κ3) is 4.70. The molecule has 1 aromatic heterocycles. The fourth-order valence-corrected chi connectivity index (χ4v) is 4.29. The van der Waals surface area contributed by atoms with Crippen LogP contribution in [-0.2, 0) is 0 Å². The first kappa shape index (κ1) is 19.4. The summed E-state index contributed by atoms with van der Waals surface area (Å²) in [6.45, 7) is 3.74. The van der Waals surface area contributed by atoms with Crippen LogP contribution in [0, 0.1) is 24.0 Å². The zero-order valence-corrected chi connectivity index (χ0v) is 17.0. The highest BCUT2D eigenvalue weighted by atomic mass is 32.2. The number of rotatable bonds is 7. The number of nitrogens with zero attached hydrogens (tertiary/aromatic N) is 4. The van der Waals surface area contributed by atoms with Gasteiger partial charge in [0.25, 0.3) is 0 Å². The second kappa shape index (κ2) is 8.58. The van der Waals surface area contributed by atoms with Crippen molar-refractivity contribution < 1.29 is 4.92 Å². The molecule has 0 amide bonds. The van der Waals surface area contributed by atoms with Crippen LogP contribution in [0.4, 0.5) is 0 Å². The minimum atomic E-state index is -0.344. The van der Waals surface area contributed by atoms with Gasteiger partial charge in [-0.25, -0.2) is 0 Å². The first-order valence-electron chi connectivity index (χ1n) is 8.39. The van der Waals surface area contributed by atoms with Crippen molar-refractivity contribution in [1.82, 2.24) is 14.8 Å². The molecule has 0 radical (unpaired) electrons. The minimum Gasteiger partial charge on any atom is -0.274 e. The molecule has 6 nitrogen and oxygen atoms in total. The lowest BCUT2D eigenvalue weighted by molar-refractivity contribution is -0.479. The summed E-state index contributed by atoms with van der Waals surface area (Å²) < 4.78 is 1.94. The van der Waals surface area contributed by atoms with Crippen LogP contribution in [0.25, 0.3) is 5.69 Å². The molecule has 0 fully saturated rings. The average molecular weight is 401 g/mol. The number of nitro groups is 1. The van der Waals surface area contributed by atoms with Crippen molar-refractivity contribution in [2.75, 3.05) is 12.8 Å². The Bertz CT molecular complexity index is 924. The van der Waals surface area contributed by atoms with Gasteiger partial charge in [0.15, 0.2) is 5.16 Å². The molecule has 0 aliphatic rings. The predicted molar refractivity (Wildman–Crippen MR) is 110 cm³/mol. The van der Waals surface area contributed by atoms with Crippen LogP contribution < -0.4 is 0 Å². The van der Waals surface area contributed by atoms with Crippen LogP contribution >= 0.6 is 23.5 Å². The summed E-state index contributed by atoms with van der Waals surface area (Å²) in [6, 6.07) is 15.9. The lowest BCUT2D eigenvalue weighted by Crippen LogP contribution is -2.11. The molecule has 0 N–H and O–H groups in total. The van der Waals surface area contributed by atoms with E-state index in [4.69, 9.17) is 0 Å². The topological polar surface area (TPSA) is 73.8 Å². The summed E-state index contributed by atoms with van der Waals surface area (Å²) in [5.74, 6) is 0.749. The average Bonchev–Trinajstić information content (AvgIpc) is 3.02. The molecule has 2 aromatic carbocycles. The normalized spacial score (nSPS) is 12.1. The molecule has 0 saturated carbocycles. The van der Waals surface area contributed by atoms with Gasteiger partial charge in [-0.2, -0.15) is 0 Å². The Labute approximate surface area is 166 Å². The van der Waals surface area contributed by atoms with Gasteiger partial charge in [-0.05, 0) is 49.9 Å². The van der Waals surface area contributed by atoms with E-state index >= 15 is 0 Å². The molecule has 8 heteroatoms. The third-order valence-corrected chi connectivity index (χ3v) is 6.06. The summed E-state index contributed by atoms with van der Waals surface area (Å²) in [5.41, 5.74) is 3.02. The SMILES string of the molecule is CSc1ccc([C@H](C[N+](=O)[O-])Sc2nnc(C)n2-c2ccc(C)cc2)cc1. The van der Waals surface area contributed by atoms with Crippen molar-refractivity contribution >= 4 is 23.5 Å². The lowest BCUT2D eigenvalue weighted by Gasteiger charge is -2.14. The van der Waals surface area contributed by atoms with E-state index in [9.17, 15) is 10.1 Å². The second-order valence-electron chi connectivity index (χ2n) is 6.10. The summed E-state index contributed by atoms with van der Waals surface area (Å²) in [5, 5.41) is 20.0. The fraction of sp³-hybridized carbons (Fsp3) is 0.263. The van der Waals surface area contributed by atoms with Crippen LogP contribution in [-0.4, -0.2) is 32.5 Å². The van der Waals surface area contributed by atoms with Crippen LogP contribution in [0.1, 0.15) is 22.2 Å². The van der Waals surface area contributed by atoms with E-state index in [2.05, 4.69) is 10.2 Å². The number of hydrogen-bond donors (Lipinski definition) is 0. The lowest BCUT2D eigenvalue weighted by atomic mass is 10.1. The van der Waals surface area contributed by atoms with Gasteiger partial charge < -0.3 is 0 Å². The number of aromatic nitrogens is 3. The van der Waals surface area contributed by atoms with Crippen molar-refractivity contribution in [3.8, 4) is 5.69 Å². The van der Waals surface area contributed by atoms with Crippen LogP contribution in [0.15, 0.2) is 58.6 Å². The van der Waals surface area contributed by atoms with Crippen LogP contribution in [0.3, 0.4) is 0 Å². The molecule has 1 atom stereocenters. The largest absolute Gasteiger partial charge is 0.274 e. The smallest absolute Gasteiger partial charge is 0.220 e.